The predicted molar refractivity (Wildman–Crippen MR) is 38.2 cm³/mol. The smallest absolute Gasteiger partial charge is 0.142 e. The van der Waals surface area contributed by atoms with Gasteiger partial charge in [0.1, 0.15) is 4.64 Å². The first-order valence-corrected chi connectivity index (χ1v) is 2.58. The van der Waals surface area contributed by atoms with Gasteiger partial charge in [0, 0.05) is 51.7 Å². The van der Waals surface area contributed by atoms with Gasteiger partial charge in [-0.05, 0) is 12.1 Å². The Labute approximate surface area is 95.4 Å². The van der Waals surface area contributed by atoms with Crippen molar-refractivity contribution in [3.8, 4) is 0 Å². The SMILES string of the molecule is On1ccccc1=S.[Sr]. The Kier molecular flexibility index (Phi) is 4.79. The summed E-state index contributed by atoms with van der Waals surface area (Å²) >= 11 is 4.67. The molecule has 0 atom stereocenters. The van der Waals surface area contributed by atoms with Crippen LogP contribution < -0.4 is 0 Å². The van der Waals surface area contributed by atoms with Crippen LogP contribution in [0.4, 0.5) is 0 Å². The minimum Gasteiger partial charge on any atom is -0.428 e. The van der Waals surface area contributed by atoms with Gasteiger partial charge in [-0.25, -0.2) is 0 Å². The molecule has 1 rings (SSSR count). The second-order valence-corrected chi connectivity index (χ2v) is 1.80. The molecule has 0 amide bonds. The summed E-state index contributed by atoms with van der Waals surface area (Å²) in [6.45, 7) is 0. The monoisotopic (exact) mass is 215 g/mol. The number of hydrogen-bond donors (Lipinski definition) is 1. The van der Waals surface area contributed by atoms with Crippen molar-refractivity contribution in [2.24, 2.45) is 0 Å². The van der Waals surface area contributed by atoms with Crippen molar-refractivity contribution in [3.05, 3.63) is 29.0 Å². The van der Waals surface area contributed by atoms with Gasteiger partial charge in [0.05, 0.1) is 0 Å². The standard InChI is InChI=1S/C5H5NOS.Sr/c7-6-4-2-1-3-5(6)8;/h1-4,7H;. The number of nitrogens with zero attached hydrogens (tertiary/aromatic N) is 1. The number of hydrogen-bond acceptors (Lipinski definition) is 2. The molecule has 0 aliphatic carbocycles. The third-order valence-corrected chi connectivity index (χ3v) is 1.13. The zero-order chi connectivity index (χ0) is 5.98. The minimum atomic E-state index is 0. The summed E-state index contributed by atoms with van der Waals surface area (Å²) in [5, 5.41) is 8.73. The largest absolute Gasteiger partial charge is 0.428 e. The molecule has 1 aromatic rings. The maximum absolute atomic E-state index is 8.73. The summed E-state index contributed by atoms with van der Waals surface area (Å²) in [4.78, 5) is 0. The van der Waals surface area contributed by atoms with Gasteiger partial charge in [-0.2, -0.15) is 4.73 Å². The van der Waals surface area contributed by atoms with E-state index in [1.165, 1.54) is 6.20 Å². The predicted octanol–water partition coefficient (Wildman–Crippen LogP) is 1.07. The topological polar surface area (TPSA) is 25.2 Å². The molecule has 0 bridgehead atoms. The fourth-order valence-corrected chi connectivity index (χ4v) is 0.558. The average Bonchev–Trinajstić information content (AvgIpc) is 1.77. The van der Waals surface area contributed by atoms with E-state index in [1.807, 2.05) is 0 Å². The Balaban J connectivity index is 0.000000640. The Morgan fingerprint density at radius 3 is 2.44 bits per heavy atom. The second kappa shape index (κ2) is 4.46. The molecular weight excluding hydrogens is 210 g/mol. The van der Waals surface area contributed by atoms with Gasteiger partial charge >= 0.3 is 0 Å². The summed E-state index contributed by atoms with van der Waals surface area (Å²) in [7, 11) is 0. The molecular formula is C5H5NOSSr. The average molecular weight is 215 g/mol. The fourth-order valence-electron chi connectivity index (χ4n) is 0.419. The fraction of sp³-hybridized carbons (Fsp3) is 0. The van der Waals surface area contributed by atoms with Gasteiger partial charge in [0.15, 0.2) is 0 Å². The first-order valence-electron chi connectivity index (χ1n) is 2.17. The minimum absolute atomic E-state index is 0. The van der Waals surface area contributed by atoms with Gasteiger partial charge in [0.2, 0.25) is 0 Å². The quantitative estimate of drug-likeness (QED) is 0.397. The zero-order valence-electron chi connectivity index (χ0n) is 4.82. The van der Waals surface area contributed by atoms with Crippen LogP contribution in [0.3, 0.4) is 0 Å². The van der Waals surface area contributed by atoms with Crippen molar-refractivity contribution in [3.63, 3.8) is 0 Å². The molecule has 1 heterocycles. The molecule has 9 heavy (non-hydrogen) atoms. The number of pyridine rings is 1. The zero-order valence-corrected chi connectivity index (χ0v) is 9.11. The Bertz CT molecular complexity index is 234. The molecule has 0 fully saturated rings. The van der Waals surface area contributed by atoms with Crippen LogP contribution in [-0.2, 0) is 0 Å². The molecule has 0 spiro atoms. The summed E-state index contributed by atoms with van der Waals surface area (Å²) in [5.41, 5.74) is 0. The van der Waals surface area contributed by atoms with Crippen molar-refractivity contribution < 1.29 is 5.21 Å². The van der Waals surface area contributed by atoms with E-state index in [0.717, 1.165) is 4.73 Å². The van der Waals surface area contributed by atoms with Gasteiger partial charge in [-0.3, -0.25) is 0 Å². The summed E-state index contributed by atoms with van der Waals surface area (Å²) < 4.78 is 1.32. The first kappa shape index (κ1) is 9.65. The second-order valence-electron chi connectivity index (χ2n) is 1.38. The van der Waals surface area contributed by atoms with Crippen molar-refractivity contribution in [1.82, 2.24) is 4.73 Å². The molecule has 0 saturated carbocycles. The van der Waals surface area contributed by atoms with Crippen LogP contribution in [0.25, 0.3) is 0 Å². The molecule has 2 radical (unpaired) electrons. The van der Waals surface area contributed by atoms with E-state index in [-0.39, 0.29) is 45.5 Å². The molecule has 2 nitrogen and oxygen atoms in total. The van der Waals surface area contributed by atoms with E-state index in [1.54, 1.807) is 18.2 Å². The Morgan fingerprint density at radius 1 is 1.44 bits per heavy atom. The molecule has 0 unspecified atom stereocenters. The van der Waals surface area contributed by atoms with E-state index in [9.17, 15) is 0 Å². The molecule has 44 valence electrons. The van der Waals surface area contributed by atoms with Crippen LogP contribution in [0.5, 0.6) is 0 Å². The van der Waals surface area contributed by atoms with E-state index in [2.05, 4.69) is 12.2 Å². The van der Waals surface area contributed by atoms with Crippen molar-refractivity contribution in [2.45, 2.75) is 0 Å². The summed E-state index contributed by atoms with van der Waals surface area (Å²) in [5.74, 6) is 0. The summed E-state index contributed by atoms with van der Waals surface area (Å²) in [6, 6.07) is 5.13. The van der Waals surface area contributed by atoms with Crippen LogP contribution in [0.1, 0.15) is 0 Å². The number of rotatable bonds is 0. The van der Waals surface area contributed by atoms with E-state index in [0.29, 0.717) is 4.64 Å². The first-order chi connectivity index (χ1) is 3.80. The third-order valence-electron chi connectivity index (χ3n) is 0.803. The maximum atomic E-state index is 8.73. The van der Waals surface area contributed by atoms with Crippen molar-refractivity contribution >= 4 is 57.7 Å². The van der Waals surface area contributed by atoms with E-state index in [4.69, 9.17) is 5.21 Å². The van der Waals surface area contributed by atoms with Crippen LogP contribution in [0.15, 0.2) is 24.4 Å². The molecule has 0 aromatic carbocycles. The van der Waals surface area contributed by atoms with Gasteiger partial charge in [-0.1, -0.05) is 18.3 Å². The van der Waals surface area contributed by atoms with Crippen LogP contribution in [-0.4, -0.2) is 55.4 Å². The van der Waals surface area contributed by atoms with Crippen molar-refractivity contribution in [1.29, 1.82) is 0 Å². The molecule has 1 N–H and O–H groups in total. The normalized spacial score (nSPS) is 8.00. The van der Waals surface area contributed by atoms with E-state index < -0.39 is 0 Å². The Hall–Kier alpha value is 0.651. The van der Waals surface area contributed by atoms with Crippen LogP contribution in [0, 0.1) is 4.64 Å². The van der Waals surface area contributed by atoms with Gasteiger partial charge < -0.3 is 5.21 Å². The number of aromatic nitrogens is 1. The van der Waals surface area contributed by atoms with E-state index >= 15 is 0 Å². The van der Waals surface area contributed by atoms with Gasteiger partial charge in [-0.15, -0.1) is 0 Å². The molecule has 0 aliphatic rings. The molecule has 4 heteroatoms. The Morgan fingerprint density at radius 2 is 2.11 bits per heavy atom. The van der Waals surface area contributed by atoms with Gasteiger partial charge in [0.25, 0.3) is 0 Å². The van der Waals surface area contributed by atoms with Crippen LogP contribution in [0.2, 0.25) is 0 Å². The molecule has 0 saturated heterocycles. The maximum Gasteiger partial charge on any atom is 0.142 e. The molecule has 0 aliphatic heterocycles. The van der Waals surface area contributed by atoms with Crippen molar-refractivity contribution in [2.75, 3.05) is 0 Å². The van der Waals surface area contributed by atoms with Crippen LogP contribution >= 0.6 is 12.2 Å². The molecule has 1 aromatic heterocycles. The third kappa shape index (κ3) is 2.82. The summed E-state index contributed by atoms with van der Waals surface area (Å²) in [6.07, 6.45) is 1.49.